The van der Waals surface area contributed by atoms with E-state index in [1.54, 1.807) is 14.0 Å². The molecule has 0 N–H and O–H groups in total. The van der Waals surface area contributed by atoms with Crippen molar-refractivity contribution in [3.05, 3.63) is 24.3 Å². The number of benzene rings is 1. The first-order valence-electron chi connectivity index (χ1n) is 4.96. The number of hydrogen-bond acceptors (Lipinski definition) is 2. The minimum atomic E-state index is -4.70. The number of amides is 1. The summed E-state index contributed by atoms with van der Waals surface area (Å²) in [4.78, 5) is 12.7. The van der Waals surface area contributed by atoms with Crippen molar-refractivity contribution in [3.63, 3.8) is 0 Å². The van der Waals surface area contributed by atoms with Crippen molar-refractivity contribution in [2.24, 2.45) is 0 Å². The maximum Gasteiger partial charge on any atom is 0.573 e. The van der Waals surface area contributed by atoms with E-state index in [4.69, 9.17) is 0 Å². The second-order valence-corrected chi connectivity index (χ2v) is 3.35. The summed E-state index contributed by atoms with van der Waals surface area (Å²) in [6.07, 6.45) is -4.37. The quantitative estimate of drug-likeness (QED) is 0.821. The molecule has 0 unspecified atom stereocenters. The van der Waals surface area contributed by atoms with Gasteiger partial charge in [-0.25, -0.2) is 0 Å². The van der Waals surface area contributed by atoms with Crippen molar-refractivity contribution >= 4 is 11.6 Å². The molecule has 1 aromatic carbocycles. The van der Waals surface area contributed by atoms with Crippen LogP contribution in [-0.2, 0) is 4.79 Å². The van der Waals surface area contributed by atoms with E-state index in [1.165, 1.54) is 29.2 Å². The highest BCUT2D eigenvalue weighted by atomic mass is 19.4. The summed E-state index contributed by atoms with van der Waals surface area (Å²) < 4.78 is 39.4. The minimum absolute atomic E-state index is 0.116. The van der Waals surface area contributed by atoms with Crippen molar-refractivity contribution in [3.8, 4) is 5.75 Å². The maximum absolute atomic E-state index is 11.9. The number of rotatable bonds is 3. The van der Waals surface area contributed by atoms with Crippen LogP contribution in [0.2, 0.25) is 0 Å². The third kappa shape index (κ3) is 3.97. The zero-order valence-electron chi connectivity index (χ0n) is 9.41. The smallest absolute Gasteiger partial charge is 0.406 e. The molecule has 0 fully saturated rings. The van der Waals surface area contributed by atoms with Gasteiger partial charge in [0.25, 0.3) is 0 Å². The Hall–Kier alpha value is -1.72. The van der Waals surface area contributed by atoms with E-state index >= 15 is 0 Å². The molecule has 0 saturated carbocycles. The van der Waals surface area contributed by atoms with Crippen LogP contribution in [0, 0.1) is 0 Å². The van der Waals surface area contributed by atoms with Crippen LogP contribution in [0.4, 0.5) is 18.9 Å². The summed E-state index contributed by atoms with van der Waals surface area (Å²) in [5.74, 6) is -0.423. The summed E-state index contributed by atoms with van der Waals surface area (Å²) in [6.45, 7) is 1.71. The molecule has 0 atom stereocenters. The lowest BCUT2D eigenvalue weighted by Gasteiger charge is -2.17. The summed E-state index contributed by atoms with van der Waals surface area (Å²) in [7, 11) is 1.56. The number of anilines is 1. The van der Waals surface area contributed by atoms with Gasteiger partial charge in [-0.3, -0.25) is 4.79 Å². The van der Waals surface area contributed by atoms with Crippen LogP contribution in [0.15, 0.2) is 24.3 Å². The number of carbonyl (C=O) groups is 1. The van der Waals surface area contributed by atoms with Crippen LogP contribution in [0.3, 0.4) is 0 Å². The highest BCUT2D eigenvalue weighted by molar-refractivity contribution is 5.92. The Kier molecular flexibility index (Phi) is 3.98. The fourth-order valence-electron chi connectivity index (χ4n) is 1.25. The van der Waals surface area contributed by atoms with Gasteiger partial charge in [0.05, 0.1) is 0 Å². The normalized spacial score (nSPS) is 11.1. The van der Waals surface area contributed by atoms with Gasteiger partial charge in [0.1, 0.15) is 5.75 Å². The first-order valence-corrected chi connectivity index (χ1v) is 4.96. The average molecular weight is 247 g/mol. The van der Waals surface area contributed by atoms with Crippen LogP contribution >= 0.6 is 0 Å². The molecule has 0 saturated heterocycles. The number of nitrogens with zero attached hydrogens (tertiary/aromatic N) is 1. The van der Waals surface area contributed by atoms with E-state index in [-0.39, 0.29) is 11.7 Å². The molecule has 0 aromatic heterocycles. The lowest BCUT2D eigenvalue weighted by atomic mass is 10.2. The molecular formula is C11H12F3NO2. The van der Waals surface area contributed by atoms with Gasteiger partial charge in [-0.15, -0.1) is 13.2 Å². The molecule has 1 amide bonds. The predicted octanol–water partition coefficient (Wildman–Crippen LogP) is 2.96. The largest absolute Gasteiger partial charge is 0.573 e. The molecule has 0 aliphatic rings. The molecule has 0 heterocycles. The third-order valence-electron chi connectivity index (χ3n) is 2.13. The molecule has 17 heavy (non-hydrogen) atoms. The van der Waals surface area contributed by atoms with E-state index in [9.17, 15) is 18.0 Å². The van der Waals surface area contributed by atoms with Crippen LogP contribution in [0.5, 0.6) is 5.75 Å². The molecule has 3 nitrogen and oxygen atoms in total. The SMILES string of the molecule is CCC(=O)N(C)c1ccc(OC(F)(F)F)cc1. The Labute approximate surface area is 96.8 Å². The third-order valence-corrected chi connectivity index (χ3v) is 2.13. The van der Waals surface area contributed by atoms with Gasteiger partial charge < -0.3 is 9.64 Å². The maximum atomic E-state index is 11.9. The molecule has 0 aliphatic carbocycles. The Balaban J connectivity index is 2.78. The van der Waals surface area contributed by atoms with Gasteiger partial charge >= 0.3 is 6.36 Å². The Morgan fingerprint density at radius 2 is 1.82 bits per heavy atom. The minimum Gasteiger partial charge on any atom is -0.406 e. The van der Waals surface area contributed by atoms with Crippen LogP contribution in [-0.4, -0.2) is 19.3 Å². The van der Waals surface area contributed by atoms with Crippen LogP contribution in [0.1, 0.15) is 13.3 Å². The molecule has 0 spiro atoms. The molecular weight excluding hydrogens is 235 g/mol. The van der Waals surface area contributed by atoms with E-state index < -0.39 is 6.36 Å². The van der Waals surface area contributed by atoms with Gasteiger partial charge in [-0.1, -0.05) is 6.92 Å². The Bertz CT molecular complexity index is 387. The van der Waals surface area contributed by atoms with Gasteiger partial charge in [0.2, 0.25) is 5.91 Å². The van der Waals surface area contributed by atoms with E-state index in [1.807, 2.05) is 0 Å². The van der Waals surface area contributed by atoms with E-state index in [0.29, 0.717) is 12.1 Å². The van der Waals surface area contributed by atoms with Crippen molar-refractivity contribution in [1.82, 2.24) is 0 Å². The second-order valence-electron chi connectivity index (χ2n) is 3.35. The average Bonchev–Trinajstić information content (AvgIpc) is 2.26. The lowest BCUT2D eigenvalue weighted by molar-refractivity contribution is -0.274. The zero-order valence-corrected chi connectivity index (χ0v) is 9.41. The Morgan fingerprint density at radius 3 is 2.24 bits per heavy atom. The van der Waals surface area contributed by atoms with Crippen LogP contribution in [0.25, 0.3) is 0 Å². The van der Waals surface area contributed by atoms with Gasteiger partial charge in [-0.2, -0.15) is 0 Å². The summed E-state index contributed by atoms with van der Waals surface area (Å²) >= 11 is 0. The number of alkyl halides is 3. The zero-order chi connectivity index (χ0) is 13.1. The van der Waals surface area contributed by atoms with Crippen molar-refractivity contribution in [1.29, 1.82) is 0 Å². The standard InChI is InChI=1S/C11H12F3NO2/c1-3-10(16)15(2)8-4-6-9(7-5-8)17-11(12,13)14/h4-7H,3H2,1-2H3. The van der Waals surface area contributed by atoms with E-state index in [0.717, 1.165) is 0 Å². The Morgan fingerprint density at radius 1 is 1.29 bits per heavy atom. The predicted molar refractivity (Wildman–Crippen MR) is 56.8 cm³/mol. The highest BCUT2D eigenvalue weighted by Gasteiger charge is 2.31. The first-order chi connectivity index (χ1) is 7.83. The topological polar surface area (TPSA) is 29.5 Å². The van der Waals surface area contributed by atoms with E-state index in [2.05, 4.69) is 4.74 Å². The molecule has 0 aliphatic heterocycles. The van der Waals surface area contributed by atoms with Gasteiger partial charge in [0, 0.05) is 19.2 Å². The monoisotopic (exact) mass is 247 g/mol. The van der Waals surface area contributed by atoms with Gasteiger partial charge in [-0.05, 0) is 24.3 Å². The lowest BCUT2D eigenvalue weighted by Crippen LogP contribution is -2.25. The summed E-state index contributed by atoms with van der Waals surface area (Å²) in [6, 6.07) is 5.13. The van der Waals surface area contributed by atoms with Gasteiger partial charge in [0.15, 0.2) is 0 Å². The van der Waals surface area contributed by atoms with Crippen molar-refractivity contribution in [2.45, 2.75) is 19.7 Å². The molecule has 0 radical (unpaired) electrons. The number of halogens is 3. The number of hydrogen-bond donors (Lipinski definition) is 0. The van der Waals surface area contributed by atoms with Crippen molar-refractivity contribution < 1.29 is 22.7 Å². The fourth-order valence-corrected chi connectivity index (χ4v) is 1.25. The second kappa shape index (κ2) is 5.07. The summed E-state index contributed by atoms with van der Waals surface area (Å²) in [5, 5.41) is 0. The first kappa shape index (κ1) is 13.3. The molecule has 94 valence electrons. The molecule has 1 aromatic rings. The van der Waals surface area contributed by atoms with Crippen LogP contribution < -0.4 is 9.64 Å². The number of ether oxygens (including phenoxy) is 1. The molecule has 6 heteroatoms. The molecule has 1 rings (SSSR count). The fraction of sp³-hybridized carbons (Fsp3) is 0.364. The number of carbonyl (C=O) groups excluding carboxylic acids is 1. The van der Waals surface area contributed by atoms with Crippen molar-refractivity contribution in [2.75, 3.05) is 11.9 Å². The molecule has 0 bridgehead atoms. The summed E-state index contributed by atoms with van der Waals surface area (Å²) in [5.41, 5.74) is 0.520. The highest BCUT2D eigenvalue weighted by Crippen LogP contribution is 2.25.